The molecule has 1 aromatic carbocycles. The van der Waals surface area contributed by atoms with Crippen molar-refractivity contribution in [2.24, 2.45) is 17.8 Å². The zero-order valence-corrected chi connectivity index (χ0v) is 14.3. The van der Waals surface area contributed by atoms with E-state index >= 15 is 0 Å². The number of amides is 1. The summed E-state index contributed by atoms with van der Waals surface area (Å²) >= 11 is 5.97. The standard InChI is InChI=1S/C19H23ClN2O/c1-13-11-22(12-18(13)15-6-8-17(20)9-7-15)19(23)16-4-2-14(10-21)3-5-16/h6-9,13-14,16,18H,2-5,11-12H2,1H3/t13-,14?,16?,18-/m1/s1. The van der Waals surface area contributed by atoms with Crippen molar-refractivity contribution in [1.82, 2.24) is 4.90 Å². The minimum absolute atomic E-state index is 0.121. The number of benzene rings is 1. The molecule has 1 amide bonds. The Morgan fingerprint density at radius 1 is 1.17 bits per heavy atom. The van der Waals surface area contributed by atoms with Gasteiger partial charge in [0.15, 0.2) is 0 Å². The van der Waals surface area contributed by atoms with Crippen LogP contribution >= 0.6 is 11.6 Å². The normalized spacial score (nSPS) is 30.9. The Morgan fingerprint density at radius 3 is 2.43 bits per heavy atom. The fourth-order valence-electron chi connectivity index (χ4n) is 4.02. The number of halogens is 1. The summed E-state index contributed by atoms with van der Waals surface area (Å²) in [6, 6.07) is 10.4. The lowest BCUT2D eigenvalue weighted by Crippen LogP contribution is -2.36. The average molecular weight is 331 g/mol. The van der Waals surface area contributed by atoms with Gasteiger partial charge < -0.3 is 4.90 Å². The molecule has 4 heteroatoms. The molecule has 0 spiro atoms. The molecule has 1 aliphatic carbocycles. The van der Waals surface area contributed by atoms with Gasteiger partial charge in [0.1, 0.15) is 0 Å². The largest absolute Gasteiger partial charge is 0.342 e. The minimum Gasteiger partial charge on any atom is -0.342 e. The average Bonchev–Trinajstić information content (AvgIpc) is 2.97. The van der Waals surface area contributed by atoms with Crippen LogP contribution in [0.2, 0.25) is 5.02 Å². The summed E-state index contributed by atoms with van der Waals surface area (Å²) in [5.74, 6) is 1.43. The zero-order chi connectivity index (χ0) is 16.4. The Bertz CT molecular complexity index is 599. The van der Waals surface area contributed by atoms with Gasteiger partial charge in [0.25, 0.3) is 0 Å². The second-order valence-electron chi connectivity index (χ2n) is 7.06. The third-order valence-electron chi connectivity index (χ3n) is 5.48. The lowest BCUT2D eigenvalue weighted by atomic mass is 9.82. The van der Waals surface area contributed by atoms with Crippen LogP contribution in [0.5, 0.6) is 0 Å². The van der Waals surface area contributed by atoms with Gasteiger partial charge in [-0.1, -0.05) is 30.7 Å². The van der Waals surface area contributed by atoms with Crippen molar-refractivity contribution in [3.05, 3.63) is 34.9 Å². The van der Waals surface area contributed by atoms with E-state index in [0.29, 0.717) is 17.7 Å². The first-order valence-electron chi connectivity index (χ1n) is 8.52. The predicted octanol–water partition coefficient (Wildman–Crippen LogP) is 4.23. The maximum Gasteiger partial charge on any atom is 0.225 e. The van der Waals surface area contributed by atoms with Gasteiger partial charge in [0.05, 0.1) is 6.07 Å². The van der Waals surface area contributed by atoms with Gasteiger partial charge in [-0.15, -0.1) is 0 Å². The third kappa shape index (κ3) is 3.53. The molecule has 3 rings (SSSR count). The third-order valence-corrected chi connectivity index (χ3v) is 5.73. The molecule has 0 radical (unpaired) electrons. The minimum atomic E-state index is 0.121. The molecule has 0 bridgehead atoms. The fraction of sp³-hybridized carbons (Fsp3) is 0.579. The molecule has 23 heavy (non-hydrogen) atoms. The van der Waals surface area contributed by atoms with Crippen molar-refractivity contribution in [1.29, 1.82) is 5.26 Å². The van der Waals surface area contributed by atoms with Gasteiger partial charge in [0.2, 0.25) is 5.91 Å². The van der Waals surface area contributed by atoms with Gasteiger partial charge in [-0.3, -0.25) is 4.79 Å². The van der Waals surface area contributed by atoms with E-state index < -0.39 is 0 Å². The number of nitrogens with zero attached hydrogens (tertiary/aromatic N) is 2. The van der Waals surface area contributed by atoms with Gasteiger partial charge in [-0.05, 0) is 49.3 Å². The molecule has 1 heterocycles. The highest BCUT2D eigenvalue weighted by Gasteiger charge is 2.37. The van der Waals surface area contributed by atoms with E-state index in [1.54, 1.807) is 0 Å². The van der Waals surface area contributed by atoms with Crippen LogP contribution in [0.4, 0.5) is 0 Å². The number of carbonyl (C=O) groups excluding carboxylic acids is 1. The van der Waals surface area contributed by atoms with Crippen LogP contribution in [0.1, 0.15) is 44.1 Å². The van der Waals surface area contributed by atoms with Crippen LogP contribution in [0.25, 0.3) is 0 Å². The molecule has 2 atom stereocenters. The molecule has 0 unspecified atom stereocenters. The Balaban J connectivity index is 1.63. The quantitative estimate of drug-likeness (QED) is 0.814. The smallest absolute Gasteiger partial charge is 0.225 e. The summed E-state index contributed by atoms with van der Waals surface area (Å²) in [6.07, 6.45) is 3.48. The number of hydrogen-bond acceptors (Lipinski definition) is 2. The molecule has 2 fully saturated rings. The van der Waals surface area contributed by atoms with Crippen molar-refractivity contribution in [2.75, 3.05) is 13.1 Å². The molecule has 1 saturated carbocycles. The maximum absolute atomic E-state index is 12.8. The molecule has 3 nitrogen and oxygen atoms in total. The second-order valence-corrected chi connectivity index (χ2v) is 7.49. The molecule has 1 aliphatic heterocycles. The molecule has 1 saturated heterocycles. The van der Waals surface area contributed by atoms with Gasteiger partial charge in [0, 0.05) is 35.9 Å². The van der Waals surface area contributed by atoms with Crippen LogP contribution in [-0.2, 0) is 4.79 Å². The molecule has 0 aromatic heterocycles. The topological polar surface area (TPSA) is 44.1 Å². The van der Waals surface area contributed by atoms with Crippen molar-refractivity contribution in [2.45, 2.75) is 38.5 Å². The van der Waals surface area contributed by atoms with E-state index in [1.165, 1.54) is 5.56 Å². The number of hydrogen-bond donors (Lipinski definition) is 0. The van der Waals surface area contributed by atoms with E-state index in [9.17, 15) is 4.79 Å². The SMILES string of the molecule is C[C@@H]1CN(C(=O)C2CCC(C#N)CC2)C[C@H]1c1ccc(Cl)cc1. The van der Waals surface area contributed by atoms with Gasteiger partial charge >= 0.3 is 0 Å². The summed E-state index contributed by atoms with van der Waals surface area (Å²) < 4.78 is 0. The summed E-state index contributed by atoms with van der Waals surface area (Å²) in [7, 11) is 0. The number of rotatable bonds is 2. The van der Waals surface area contributed by atoms with Crippen molar-refractivity contribution in [3.63, 3.8) is 0 Å². The van der Waals surface area contributed by atoms with Gasteiger partial charge in [-0.2, -0.15) is 5.26 Å². The Hall–Kier alpha value is -1.53. The summed E-state index contributed by atoms with van der Waals surface area (Å²) in [5.41, 5.74) is 1.27. The number of likely N-dealkylation sites (tertiary alicyclic amines) is 1. The fourth-order valence-corrected chi connectivity index (χ4v) is 4.14. The number of nitriles is 1. The predicted molar refractivity (Wildman–Crippen MR) is 91.0 cm³/mol. The first-order valence-corrected chi connectivity index (χ1v) is 8.90. The lowest BCUT2D eigenvalue weighted by molar-refractivity contribution is -0.135. The van der Waals surface area contributed by atoms with Crippen molar-refractivity contribution < 1.29 is 4.79 Å². The van der Waals surface area contributed by atoms with E-state index in [0.717, 1.165) is 43.8 Å². The Kier molecular flexibility index (Phi) is 4.92. The summed E-state index contributed by atoms with van der Waals surface area (Å²) in [6.45, 7) is 3.86. The van der Waals surface area contributed by atoms with Crippen molar-refractivity contribution in [3.8, 4) is 6.07 Å². The van der Waals surface area contributed by atoms with Crippen molar-refractivity contribution >= 4 is 17.5 Å². The zero-order valence-electron chi connectivity index (χ0n) is 13.5. The molecule has 122 valence electrons. The number of carbonyl (C=O) groups is 1. The van der Waals surface area contributed by atoms with Crippen LogP contribution in [0.15, 0.2) is 24.3 Å². The van der Waals surface area contributed by atoms with E-state index in [1.807, 2.05) is 17.0 Å². The first kappa shape index (κ1) is 16.3. The highest BCUT2D eigenvalue weighted by Crippen LogP contribution is 2.36. The van der Waals surface area contributed by atoms with Crippen LogP contribution in [0.3, 0.4) is 0 Å². The van der Waals surface area contributed by atoms with E-state index in [-0.39, 0.29) is 11.8 Å². The molecule has 2 aliphatic rings. The van der Waals surface area contributed by atoms with Gasteiger partial charge in [-0.25, -0.2) is 0 Å². The van der Waals surface area contributed by atoms with Crippen LogP contribution in [-0.4, -0.2) is 23.9 Å². The lowest BCUT2D eigenvalue weighted by Gasteiger charge is -2.28. The summed E-state index contributed by atoms with van der Waals surface area (Å²) in [5, 5.41) is 9.74. The highest BCUT2D eigenvalue weighted by atomic mass is 35.5. The highest BCUT2D eigenvalue weighted by molar-refractivity contribution is 6.30. The maximum atomic E-state index is 12.8. The van der Waals surface area contributed by atoms with Crippen LogP contribution in [0, 0.1) is 29.1 Å². The summed E-state index contributed by atoms with van der Waals surface area (Å²) in [4.78, 5) is 14.8. The van der Waals surface area contributed by atoms with Crippen LogP contribution < -0.4 is 0 Å². The second kappa shape index (κ2) is 6.93. The molecule has 0 N–H and O–H groups in total. The Morgan fingerprint density at radius 2 is 1.83 bits per heavy atom. The monoisotopic (exact) mass is 330 g/mol. The molecule has 1 aromatic rings. The molecular formula is C19H23ClN2O. The van der Waals surface area contributed by atoms with E-state index in [4.69, 9.17) is 16.9 Å². The van der Waals surface area contributed by atoms with E-state index in [2.05, 4.69) is 25.1 Å². The molecular weight excluding hydrogens is 308 g/mol. The first-order chi connectivity index (χ1) is 11.1. The Labute approximate surface area is 143 Å².